The second kappa shape index (κ2) is 6.59. The maximum absolute atomic E-state index is 4.54. The van der Waals surface area contributed by atoms with E-state index in [0.29, 0.717) is 0 Å². The highest BCUT2D eigenvalue weighted by molar-refractivity contribution is 6.22. The first-order valence-corrected chi connectivity index (χ1v) is 8.67. The second-order valence-electron chi connectivity index (χ2n) is 6.61. The molecule has 0 N–H and O–H groups in total. The molecule has 0 fully saturated rings. The van der Waals surface area contributed by atoms with Crippen molar-refractivity contribution in [1.29, 1.82) is 0 Å². The number of pyridine rings is 1. The lowest BCUT2D eigenvalue weighted by Crippen LogP contribution is -2.22. The van der Waals surface area contributed by atoms with E-state index in [1.807, 2.05) is 23.1 Å². The van der Waals surface area contributed by atoms with Gasteiger partial charge in [-0.2, -0.15) is 5.10 Å². The molecule has 1 aromatic carbocycles. The molecule has 0 spiro atoms. The molecule has 0 saturated heterocycles. The molecule has 3 aromatic rings. The van der Waals surface area contributed by atoms with E-state index < -0.39 is 0 Å². The zero-order valence-electron chi connectivity index (χ0n) is 15.3. The summed E-state index contributed by atoms with van der Waals surface area (Å²) in [5.41, 5.74) is 6.09. The van der Waals surface area contributed by atoms with Crippen LogP contribution >= 0.6 is 0 Å². The highest BCUT2D eigenvalue weighted by atomic mass is 15.3. The first kappa shape index (κ1) is 16.3. The molecule has 0 radical (unpaired) electrons. The molecule has 1 aliphatic heterocycles. The van der Waals surface area contributed by atoms with Gasteiger partial charge in [-0.15, -0.1) is 0 Å². The van der Waals surface area contributed by atoms with Gasteiger partial charge < -0.3 is 4.90 Å². The van der Waals surface area contributed by atoms with Crippen molar-refractivity contribution in [2.75, 3.05) is 19.0 Å². The van der Waals surface area contributed by atoms with Crippen molar-refractivity contribution >= 4 is 17.1 Å². The van der Waals surface area contributed by atoms with Crippen LogP contribution in [0.1, 0.15) is 18.1 Å². The number of anilines is 1. The largest absolute Gasteiger partial charge is 0.355 e. The summed E-state index contributed by atoms with van der Waals surface area (Å²) < 4.78 is 4.00. The van der Waals surface area contributed by atoms with Crippen LogP contribution in [0, 0.1) is 0 Å². The van der Waals surface area contributed by atoms with E-state index in [1.165, 1.54) is 22.4 Å². The summed E-state index contributed by atoms with van der Waals surface area (Å²) >= 11 is 0. The molecule has 5 nitrogen and oxygen atoms in total. The summed E-state index contributed by atoms with van der Waals surface area (Å²) in [7, 11) is 4.14. The molecule has 0 amide bonds. The number of aromatic nitrogens is 3. The Kier molecular flexibility index (Phi) is 4.13. The van der Waals surface area contributed by atoms with Gasteiger partial charge in [-0.1, -0.05) is 12.1 Å². The van der Waals surface area contributed by atoms with E-state index >= 15 is 0 Å². The van der Waals surface area contributed by atoms with Gasteiger partial charge in [0.2, 0.25) is 0 Å². The van der Waals surface area contributed by atoms with Crippen molar-refractivity contribution in [3.8, 4) is 5.69 Å². The van der Waals surface area contributed by atoms with Crippen molar-refractivity contribution < 1.29 is 4.58 Å². The van der Waals surface area contributed by atoms with Gasteiger partial charge >= 0.3 is 0 Å². The third kappa shape index (κ3) is 3.04. The summed E-state index contributed by atoms with van der Waals surface area (Å²) in [4.78, 5) is 6.71. The van der Waals surface area contributed by atoms with E-state index in [9.17, 15) is 0 Å². The van der Waals surface area contributed by atoms with Crippen molar-refractivity contribution in [3.63, 3.8) is 0 Å². The minimum atomic E-state index is 0.803. The Hall–Kier alpha value is -3.21. The normalized spacial score (nSPS) is 13.4. The van der Waals surface area contributed by atoms with Gasteiger partial charge in [-0.05, 0) is 41.5 Å². The average Bonchev–Trinajstić information content (AvgIpc) is 3.21. The molecule has 5 heteroatoms. The van der Waals surface area contributed by atoms with Crippen LogP contribution in [0.2, 0.25) is 0 Å². The summed E-state index contributed by atoms with van der Waals surface area (Å²) in [6.45, 7) is 2.94. The van der Waals surface area contributed by atoms with E-state index in [0.717, 1.165) is 18.1 Å². The zero-order chi connectivity index (χ0) is 18.1. The molecule has 0 saturated carbocycles. The summed E-state index contributed by atoms with van der Waals surface area (Å²) in [5.74, 6) is 0.974. The predicted molar refractivity (Wildman–Crippen MR) is 105 cm³/mol. The molecule has 1 aliphatic rings. The number of hydrogen-bond donors (Lipinski definition) is 0. The molecular formula is C21H22N5+. The van der Waals surface area contributed by atoms with E-state index in [-0.39, 0.29) is 0 Å². The van der Waals surface area contributed by atoms with Crippen LogP contribution in [0.4, 0.5) is 5.82 Å². The third-order valence-corrected chi connectivity index (χ3v) is 4.81. The van der Waals surface area contributed by atoms with Gasteiger partial charge in [0.25, 0.3) is 0 Å². The van der Waals surface area contributed by atoms with Crippen LogP contribution in [-0.2, 0) is 6.54 Å². The fourth-order valence-corrected chi connectivity index (χ4v) is 3.12. The number of rotatable bonds is 5. The SMILES string of the molecule is CC1=[N+](C)C=C1c1ccnc(N(C)Cc2ccc(-n3cccn3)cc2)c1. The molecule has 0 atom stereocenters. The lowest BCUT2D eigenvalue weighted by molar-refractivity contribution is -0.430. The van der Waals surface area contributed by atoms with Gasteiger partial charge in [0.15, 0.2) is 11.9 Å². The topological polar surface area (TPSA) is 37.0 Å². The lowest BCUT2D eigenvalue weighted by Gasteiger charge is -2.20. The van der Waals surface area contributed by atoms with Crippen LogP contribution in [-0.4, -0.2) is 39.1 Å². The first-order valence-electron chi connectivity index (χ1n) is 8.67. The van der Waals surface area contributed by atoms with Gasteiger partial charge in [0, 0.05) is 39.1 Å². The fraction of sp³-hybridized carbons (Fsp3) is 0.190. The van der Waals surface area contributed by atoms with Crippen molar-refractivity contribution in [3.05, 3.63) is 78.4 Å². The van der Waals surface area contributed by atoms with Crippen molar-refractivity contribution in [1.82, 2.24) is 14.8 Å². The molecule has 130 valence electrons. The van der Waals surface area contributed by atoms with Crippen molar-refractivity contribution in [2.24, 2.45) is 0 Å². The zero-order valence-corrected chi connectivity index (χ0v) is 15.3. The number of nitrogens with zero attached hydrogens (tertiary/aromatic N) is 5. The predicted octanol–water partition coefficient (Wildman–Crippen LogP) is 3.36. The highest BCUT2D eigenvalue weighted by Crippen LogP contribution is 2.25. The van der Waals surface area contributed by atoms with Crippen molar-refractivity contribution in [2.45, 2.75) is 13.5 Å². The molecule has 2 aromatic heterocycles. The fourth-order valence-electron chi connectivity index (χ4n) is 3.12. The standard InChI is InChI=1S/C21H22N5/c1-16-20(15-24(16)2)18-9-11-22-21(13-18)25(3)14-17-5-7-19(8-6-17)26-12-4-10-23-26/h4-13,15H,14H2,1-3H3/q+1. The molecule has 3 heterocycles. The number of allylic oxidation sites excluding steroid dienone is 1. The van der Waals surface area contributed by atoms with E-state index in [1.54, 1.807) is 6.20 Å². The minimum Gasteiger partial charge on any atom is -0.355 e. The maximum atomic E-state index is 4.54. The Morgan fingerprint density at radius 1 is 1.12 bits per heavy atom. The summed E-state index contributed by atoms with van der Waals surface area (Å²) in [6.07, 6.45) is 7.77. The first-order chi connectivity index (χ1) is 12.6. The van der Waals surface area contributed by atoms with Crippen LogP contribution in [0.3, 0.4) is 0 Å². The van der Waals surface area contributed by atoms with Gasteiger partial charge in [0.1, 0.15) is 18.4 Å². The number of benzene rings is 1. The van der Waals surface area contributed by atoms with Crippen LogP contribution < -0.4 is 4.90 Å². The molecule has 26 heavy (non-hydrogen) atoms. The maximum Gasteiger partial charge on any atom is 0.191 e. The van der Waals surface area contributed by atoms with E-state index in [4.69, 9.17) is 0 Å². The summed E-state index contributed by atoms with van der Waals surface area (Å²) in [5, 5.41) is 4.26. The third-order valence-electron chi connectivity index (χ3n) is 4.81. The second-order valence-corrected chi connectivity index (χ2v) is 6.61. The minimum absolute atomic E-state index is 0.803. The van der Waals surface area contributed by atoms with Crippen LogP contribution in [0.25, 0.3) is 11.3 Å². The Balaban J connectivity index is 1.48. The molecule has 4 rings (SSSR count). The van der Waals surface area contributed by atoms with Gasteiger partial charge in [0.05, 0.1) is 5.69 Å². The smallest absolute Gasteiger partial charge is 0.191 e. The number of hydrogen-bond acceptors (Lipinski definition) is 3. The van der Waals surface area contributed by atoms with Gasteiger partial charge in [-0.3, -0.25) is 0 Å². The quantitative estimate of drug-likeness (QED) is 0.666. The molecular weight excluding hydrogens is 322 g/mol. The van der Waals surface area contributed by atoms with Gasteiger partial charge in [-0.25, -0.2) is 14.2 Å². The van der Waals surface area contributed by atoms with E-state index in [2.05, 4.69) is 83.2 Å². The molecule has 0 bridgehead atoms. The average molecular weight is 344 g/mol. The summed E-state index contributed by atoms with van der Waals surface area (Å²) in [6, 6.07) is 14.6. The molecule has 0 unspecified atom stereocenters. The lowest BCUT2D eigenvalue weighted by atomic mass is 10.00. The van der Waals surface area contributed by atoms with Crippen LogP contribution in [0.5, 0.6) is 0 Å². The molecule has 0 aliphatic carbocycles. The van der Waals surface area contributed by atoms with Crippen LogP contribution in [0.15, 0.2) is 67.3 Å². The highest BCUT2D eigenvalue weighted by Gasteiger charge is 2.24. The Bertz CT molecular complexity index is 982. The Morgan fingerprint density at radius 2 is 1.92 bits per heavy atom. The Morgan fingerprint density at radius 3 is 2.58 bits per heavy atom. The Labute approximate surface area is 153 Å². The monoisotopic (exact) mass is 344 g/mol.